The van der Waals surface area contributed by atoms with Gasteiger partial charge in [-0.2, -0.15) is 5.10 Å². The second-order valence-corrected chi connectivity index (χ2v) is 8.25. The Hall–Kier alpha value is -4.48. The predicted molar refractivity (Wildman–Crippen MR) is 141 cm³/mol. The number of carbonyl (C=O) groups is 1. The van der Waals surface area contributed by atoms with E-state index in [-0.39, 0.29) is 5.91 Å². The van der Waals surface area contributed by atoms with E-state index in [1.807, 2.05) is 60.7 Å². The molecular formula is C29H21ClN4O. The van der Waals surface area contributed by atoms with Gasteiger partial charge < -0.3 is 4.57 Å². The molecule has 0 radical (unpaired) electrons. The minimum Gasteiger partial charge on any atom is -0.309 e. The number of hydrogen-bond acceptors (Lipinski definition) is 3. The number of aromatic nitrogens is 2. The molecule has 0 bridgehead atoms. The fourth-order valence-electron chi connectivity index (χ4n) is 3.92. The third kappa shape index (κ3) is 4.90. The van der Waals surface area contributed by atoms with Gasteiger partial charge in [-0.25, -0.2) is 5.43 Å². The van der Waals surface area contributed by atoms with Crippen LogP contribution in [0.1, 0.15) is 15.9 Å². The molecule has 5 nitrogen and oxygen atoms in total. The summed E-state index contributed by atoms with van der Waals surface area (Å²) in [6.07, 6.45) is 4.80. The summed E-state index contributed by atoms with van der Waals surface area (Å²) in [7, 11) is 0. The monoisotopic (exact) mass is 476 g/mol. The molecule has 2 aromatic heterocycles. The van der Waals surface area contributed by atoms with Crippen molar-refractivity contribution in [1.29, 1.82) is 0 Å². The molecule has 1 amide bonds. The number of pyridine rings is 1. The van der Waals surface area contributed by atoms with Crippen LogP contribution in [0.3, 0.4) is 0 Å². The van der Waals surface area contributed by atoms with E-state index in [9.17, 15) is 4.79 Å². The lowest BCUT2D eigenvalue weighted by Crippen LogP contribution is -2.17. The van der Waals surface area contributed by atoms with E-state index in [0.29, 0.717) is 10.6 Å². The fourth-order valence-corrected chi connectivity index (χ4v) is 4.05. The summed E-state index contributed by atoms with van der Waals surface area (Å²) in [5.74, 6) is -0.323. The van der Waals surface area contributed by atoms with Gasteiger partial charge >= 0.3 is 0 Å². The smallest absolute Gasteiger partial charge is 0.272 e. The number of carbonyl (C=O) groups excluding carboxylic acids is 1. The Morgan fingerprint density at radius 2 is 1.54 bits per heavy atom. The molecule has 0 saturated carbocycles. The summed E-state index contributed by atoms with van der Waals surface area (Å²) in [5, 5.41) is 4.94. The number of amides is 1. The first kappa shape index (κ1) is 22.3. The molecule has 0 aliphatic rings. The van der Waals surface area contributed by atoms with Crippen molar-refractivity contribution in [2.24, 2.45) is 5.10 Å². The Morgan fingerprint density at radius 1 is 0.857 bits per heavy atom. The first-order valence-corrected chi connectivity index (χ1v) is 11.4. The number of benzene rings is 3. The molecule has 0 aliphatic carbocycles. The number of nitrogens with one attached hydrogen (secondary N) is 1. The van der Waals surface area contributed by atoms with E-state index in [1.165, 1.54) is 6.20 Å². The highest BCUT2D eigenvalue weighted by Gasteiger charge is 2.18. The SMILES string of the molecule is O=C(N/N=C/c1cc(-c2ccccc2)n(-c2ccc(Cl)cc2)c1-c1ccccc1)c1cccnc1. The van der Waals surface area contributed by atoms with Gasteiger partial charge in [0.2, 0.25) is 0 Å². The topological polar surface area (TPSA) is 59.3 Å². The molecule has 35 heavy (non-hydrogen) atoms. The Kier molecular flexibility index (Phi) is 6.50. The molecule has 5 aromatic rings. The van der Waals surface area contributed by atoms with Crippen LogP contribution in [0.5, 0.6) is 0 Å². The van der Waals surface area contributed by atoms with Crippen molar-refractivity contribution in [1.82, 2.24) is 15.0 Å². The van der Waals surface area contributed by atoms with Gasteiger partial charge in [0.15, 0.2) is 0 Å². The zero-order valence-corrected chi connectivity index (χ0v) is 19.4. The largest absolute Gasteiger partial charge is 0.309 e. The molecule has 0 aliphatic heterocycles. The minimum atomic E-state index is -0.323. The van der Waals surface area contributed by atoms with Crippen molar-refractivity contribution >= 4 is 23.7 Å². The molecular weight excluding hydrogens is 456 g/mol. The van der Waals surface area contributed by atoms with Gasteiger partial charge in [0.1, 0.15) is 0 Å². The van der Waals surface area contributed by atoms with Crippen LogP contribution in [-0.2, 0) is 0 Å². The molecule has 2 heterocycles. The van der Waals surface area contributed by atoms with Crippen LogP contribution in [-0.4, -0.2) is 21.7 Å². The lowest BCUT2D eigenvalue weighted by Gasteiger charge is -2.15. The van der Waals surface area contributed by atoms with Crippen molar-refractivity contribution in [3.05, 3.63) is 132 Å². The molecule has 3 aromatic carbocycles. The first-order chi connectivity index (χ1) is 17.2. The summed E-state index contributed by atoms with van der Waals surface area (Å²) >= 11 is 6.19. The maximum atomic E-state index is 12.5. The maximum Gasteiger partial charge on any atom is 0.272 e. The van der Waals surface area contributed by atoms with Crippen LogP contribution >= 0.6 is 11.6 Å². The second kappa shape index (κ2) is 10.2. The van der Waals surface area contributed by atoms with E-state index in [0.717, 1.165) is 33.8 Å². The quantitative estimate of drug-likeness (QED) is 0.221. The average Bonchev–Trinajstić information content (AvgIpc) is 3.30. The number of hydrogen-bond donors (Lipinski definition) is 1. The third-order valence-electron chi connectivity index (χ3n) is 5.53. The lowest BCUT2D eigenvalue weighted by molar-refractivity contribution is 0.0955. The Bertz CT molecular complexity index is 1460. The van der Waals surface area contributed by atoms with Crippen LogP contribution in [0, 0.1) is 0 Å². The van der Waals surface area contributed by atoms with Gasteiger partial charge in [-0.05, 0) is 53.6 Å². The number of hydrazone groups is 1. The van der Waals surface area contributed by atoms with Crippen molar-refractivity contribution in [3.8, 4) is 28.2 Å². The van der Waals surface area contributed by atoms with Crippen molar-refractivity contribution < 1.29 is 4.79 Å². The molecule has 0 saturated heterocycles. The van der Waals surface area contributed by atoms with Crippen LogP contribution in [0.4, 0.5) is 0 Å². The zero-order valence-electron chi connectivity index (χ0n) is 18.7. The molecule has 6 heteroatoms. The van der Waals surface area contributed by atoms with Crippen molar-refractivity contribution in [2.75, 3.05) is 0 Å². The second-order valence-electron chi connectivity index (χ2n) is 7.82. The highest BCUT2D eigenvalue weighted by atomic mass is 35.5. The lowest BCUT2D eigenvalue weighted by atomic mass is 10.1. The summed E-state index contributed by atoms with van der Waals surface area (Å²) in [6.45, 7) is 0. The van der Waals surface area contributed by atoms with Crippen molar-refractivity contribution in [2.45, 2.75) is 0 Å². The minimum absolute atomic E-state index is 0.323. The van der Waals surface area contributed by atoms with E-state index in [1.54, 1.807) is 24.5 Å². The van der Waals surface area contributed by atoms with Crippen LogP contribution in [0.2, 0.25) is 5.02 Å². The molecule has 0 fully saturated rings. The summed E-state index contributed by atoms with van der Waals surface area (Å²) < 4.78 is 2.19. The van der Waals surface area contributed by atoms with Crippen molar-refractivity contribution in [3.63, 3.8) is 0 Å². The van der Waals surface area contributed by atoms with Crippen LogP contribution < -0.4 is 5.43 Å². The van der Waals surface area contributed by atoms with E-state index in [4.69, 9.17) is 11.6 Å². The molecule has 0 spiro atoms. The van der Waals surface area contributed by atoms with Gasteiger partial charge in [0, 0.05) is 28.7 Å². The zero-order chi connectivity index (χ0) is 24.0. The molecule has 0 unspecified atom stereocenters. The van der Waals surface area contributed by atoms with Gasteiger partial charge in [-0.3, -0.25) is 9.78 Å². The third-order valence-corrected chi connectivity index (χ3v) is 5.78. The number of nitrogens with zero attached hydrogens (tertiary/aromatic N) is 3. The summed E-state index contributed by atoms with van der Waals surface area (Å²) in [4.78, 5) is 16.4. The molecule has 5 rings (SSSR count). The molecule has 0 atom stereocenters. The summed E-state index contributed by atoms with van der Waals surface area (Å²) in [6, 6.07) is 33.5. The fraction of sp³-hybridized carbons (Fsp3) is 0. The Labute approximate surface area is 208 Å². The number of halogens is 1. The molecule has 170 valence electrons. The average molecular weight is 477 g/mol. The van der Waals surface area contributed by atoms with E-state index < -0.39 is 0 Å². The normalized spacial score (nSPS) is 11.0. The number of rotatable bonds is 6. The van der Waals surface area contributed by atoms with Crippen LogP contribution in [0.25, 0.3) is 28.2 Å². The maximum absolute atomic E-state index is 12.5. The van der Waals surface area contributed by atoms with Gasteiger partial charge in [0.05, 0.1) is 23.2 Å². The van der Waals surface area contributed by atoms with Crippen LogP contribution in [0.15, 0.2) is 121 Å². The Morgan fingerprint density at radius 3 is 2.20 bits per heavy atom. The highest BCUT2D eigenvalue weighted by molar-refractivity contribution is 6.30. The van der Waals surface area contributed by atoms with E-state index in [2.05, 4.69) is 50.4 Å². The predicted octanol–water partition coefficient (Wildman–Crippen LogP) is 6.62. The van der Waals surface area contributed by atoms with Gasteiger partial charge in [-0.15, -0.1) is 0 Å². The molecule has 1 N–H and O–H groups in total. The van der Waals surface area contributed by atoms with Gasteiger partial charge in [0.25, 0.3) is 5.91 Å². The van der Waals surface area contributed by atoms with E-state index >= 15 is 0 Å². The Balaban J connectivity index is 1.65. The first-order valence-electron chi connectivity index (χ1n) is 11.1. The highest BCUT2D eigenvalue weighted by Crippen LogP contribution is 2.35. The van der Waals surface area contributed by atoms with Gasteiger partial charge in [-0.1, -0.05) is 72.3 Å². The summed E-state index contributed by atoms with van der Waals surface area (Å²) in [5.41, 5.74) is 8.88. The standard InChI is InChI=1S/C29H21ClN4O/c30-25-13-15-26(16-14-25)34-27(21-8-3-1-4-9-21)18-24(28(34)22-10-5-2-6-11-22)20-32-33-29(35)23-12-7-17-31-19-23/h1-20H,(H,33,35)/b32-20+.